The molecule has 0 heterocycles. The van der Waals surface area contributed by atoms with E-state index in [0.717, 1.165) is 12.8 Å². The van der Waals surface area contributed by atoms with E-state index in [1.807, 2.05) is 0 Å². The molecule has 0 aromatic rings. The largest absolute Gasteiger partial charge is 0.396 e. The number of thiol groups is 1. The molecule has 0 spiro atoms. The minimum Gasteiger partial charge on any atom is -0.396 e. The maximum absolute atomic E-state index is 8.52. The molecule has 2 unspecified atom stereocenters. The van der Waals surface area contributed by atoms with Gasteiger partial charge in [0.2, 0.25) is 0 Å². The van der Waals surface area contributed by atoms with Crippen LogP contribution in [-0.4, -0.2) is 17.0 Å². The van der Waals surface area contributed by atoms with Crippen LogP contribution in [-0.2, 0) is 0 Å². The van der Waals surface area contributed by atoms with E-state index in [9.17, 15) is 0 Å². The Balaban J connectivity index is 3.15. The predicted octanol–water partition coefficient (Wildman–Crippen LogP) is 1.71. The van der Waals surface area contributed by atoms with Crippen LogP contribution < -0.4 is 0 Å². The van der Waals surface area contributed by atoms with E-state index in [1.54, 1.807) is 0 Å². The molecule has 0 aromatic carbocycles. The van der Waals surface area contributed by atoms with Gasteiger partial charge < -0.3 is 5.11 Å². The van der Waals surface area contributed by atoms with Crippen molar-refractivity contribution in [1.29, 1.82) is 0 Å². The molecule has 0 aromatic heterocycles. The second-order valence-corrected chi connectivity index (χ2v) is 3.58. The molecule has 0 amide bonds. The van der Waals surface area contributed by atoms with Gasteiger partial charge in [0.25, 0.3) is 0 Å². The molecule has 1 N–H and O–H groups in total. The lowest BCUT2D eigenvalue weighted by molar-refractivity contribution is 0.259. The average molecular weight is 148 g/mol. The lowest BCUT2D eigenvalue weighted by Crippen LogP contribution is -2.03. The molecular formula is C7H16OS. The van der Waals surface area contributed by atoms with Gasteiger partial charge in [-0.3, -0.25) is 0 Å². The summed E-state index contributed by atoms with van der Waals surface area (Å²) < 4.78 is 0. The SMILES string of the molecule is CC(S)CC(C)CCO. The smallest absolute Gasteiger partial charge is 0.0433 e. The van der Waals surface area contributed by atoms with E-state index in [-0.39, 0.29) is 0 Å². The van der Waals surface area contributed by atoms with E-state index < -0.39 is 0 Å². The Morgan fingerprint density at radius 2 is 2.00 bits per heavy atom. The van der Waals surface area contributed by atoms with Crippen LogP contribution in [0.1, 0.15) is 26.7 Å². The zero-order valence-electron chi connectivity index (χ0n) is 6.17. The van der Waals surface area contributed by atoms with Crippen molar-refractivity contribution in [2.45, 2.75) is 31.9 Å². The summed E-state index contributed by atoms with van der Waals surface area (Å²) in [6.07, 6.45) is 2.01. The summed E-state index contributed by atoms with van der Waals surface area (Å²) in [4.78, 5) is 0. The monoisotopic (exact) mass is 148 g/mol. The number of hydrogen-bond acceptors (Lipinski definition) is 2. The molecule has 0 fully saturated rings. The van der Waals surface area contributed by atoms with Crippen LogP contribution >= 0.6 is 12.6 Å². The van der Waals surface area contributed by atoms with Crippen LogP contribution in [0.5, 0.6) is 0 Å². The van der Waals surface area contributed by atoms with Gasteiger partial charge in [-0.15, -0.1) is 0 Å². The van der Waals surface area contributed by atoms with Crippen molar-refractivity contribution in [2.75, 3.05) is 6.61 Å². The summed E-state index contributed by atoms with van der Waals surface area (Å²) in [6.45, 7) is 4.53. The van der Waals surface area contributed by atoms with Crippen molar-refractivity contribution in [3.05, 3.63) is 0 Å². The highest BCUT2D eigenvalue weighted by molar-refractivity contribution is 7.80. The van der Waals surface area contributed by atoms with Crippen LogP contribution in [0.25, 0.3) is 0 Å². The standard InChI is InChI=1S/C7H16OS/c1-6(3-4-8)5-7(2)9/h6-9H,3-5H2,1-2H3. The molecular weight excluding hydrogens is 132 g/mol. The molecule has 0 aliphatic rings. The fourth-order valence-corrected chi connectivity index (χ4v) is 1.28. The van der Waals surface area contributed by atoms with Crippen molar-refractivity contribution >= 4 is 12.6 Å². The van der Waals surface area contributed by atoms with Crippen molar-refractivity contribution in [2.24, 2.45) is 5.92 Å². The molecule has 0 saturated heterocycles. The zero-order valence-corrected chi connectivity index (χ0v) is 7.06. The first-order valence-corrected chi connectivity index (χ1v) is 3.97. The van der Waals surface area contributed by atoms with E-state index in [0.29, 0.717) is 17.8 Å². The molecule has 0 saturated carbocycles. The Hall–Kier alpha value is 0.310. The summed E-state index contributed by atoms with van der Waals surface area (Å²) in [5.41, 5.74) is 0. The Morgan fingerprint density at radius 3 is 2.33 bits per heavy atom. The molecule has 1 nitrogen and oxygen atoms in total. The fraction of sp³-hybridized carbons (Fsp3) is 1.00. The van der Waals surface area contributed by atoms with Gasteiger partial charge in [-0.05, 0) is 24.0 Å². The maximum Gasteiger partial charge on any atom is 0.0433 e. The van der Waals surface area contributed by atoms with E-state index in [4.69, 9.17) is 5.11 Å². The third-order valence-corrected chi connectivity index (χ3v) is 1.58. The summed E-state index contributed by atoms with van der Waals surface area (Å²) >= 11 is 4.25. The third-order valence-electron chi connectivity index (χ3n) is 1.37. The highest BCUT2D eigenvalue weighted by Crippen LogP contribution is 2.12. The summed E-state index contributed by atoms with van der Waals surface area (Å²) in [6, 6.07) is 0. The van der Waals surface area contributed by atoms with Gasteiger partial charge in [0.1, 0.15) is 0 Å². The second kappa shape index (κ2) is 5.12. The highest BCUT2D eigenvalue weighted by atomic mass is 32.1. The molecule has 56 valence electrons. The third kappa shape index (κ3) is 6.19. The first-order valence-electron chi connectivity index (χ1n) is 3.45. The van der Waals surface area contributed by atoms with Gasteiger partial charge in [-0.2, -0.15) is 12.6 Å². The van der Waals surface area contributed by atoms with Crippen LogP contribution in [0.4, 0.5) is 0 Å². The van der Waals surface area contributed by atoms with E-state index in [1.165, 1.54) is 0 Å². The topological polar surface area (TPSA) is 20.2 Å². The van der Waals surface area contributed by atoms with Crippen LogP contribution in [0.15, 0.2) is 0 Å². The Kier molecular flexibility index (Phi) is 5.30. The summed E-state index contributed by atoms with van der Waals surface area (Å²) in [5.74, 6) is 0.613. The number of aliphatic hydroxyl groups is 1. The first kappa shape index (κ1) is 9.31. The van der Waals surface area contributed by atoms with Crippen LogP contribution in [0.3, 0.4) is 0 Å². The molecule has 0 bridgehead atoms. The van der Waals surface area contributed by atoms with Crippen molar-refractivity contribution in [3.63, 3.8) is 0 Å². The molecule has 0 rings (SSSR count). The van der Waals surface area contributed by atoms with Gasteiger partial charge in [-0.25, -0.2) is 0 Å². The highest BCUT2D eigenvalue weighted by Gasteiger charge is 2.03. The van der Waals surface area contributed by atoms with Crippen LogP contribution in [0.2, 0.25) is 0 Å². The Bertz CT molecular complexity index is 63.9. The summed E-state index contributed by atoms with van der Waals surface area (Å²) in [7, 11) is 0. The number of hydrogen-bond donors (Lipinski definition) is 2. The van der Waals surface area contributed by atoms with Crippen molar-refractivity contribution < 1.29 is 5.11 Å². The van der Waals surface area contributed by atoms with Gasteiger partial charge in [0.15, 0.2) is 0 Å². The van der Waals surface area contributed by atoms with E-state index >= 15 is 0 Å². The predicted molar refractivity (Wildman–Crippen MR) is 43.9 cm³/mol. The maximum atomic E-state index is 8.52. The average Bonchev–Trinajstić information content (AvgIpc) is 1.63. The zero-order chi connectivity index (χ0) is 7.28. The molecule has 0 aliphatic heterocycles. The quantitative estimate of drug-likeness (QED) is 0.582. The normalized spacial score (nSPS) is 17.3. The Labute approximate surface area is 62.9 Å². The van der Waals surface area contributed by atoms with Crippen molar-refractivity contribution in [3.8, 4) is 0 Å². The lowest BCUT2D eigenvalue weighted by Gasteiger charge is -2.10. The molecule has 2 atom stereocenters. The van der Waals surface area contributed by atoms with Gasteiger partial charge in [0, 0.05) is 6.61 Å². The minimum atomic E-state index is 0.307. The number of rotatable bonds is 4. The minimum absolute atomic E-state index is 0.307. The fourth-order valence-electron chi connectivity index (χ4n) is 0.921. The van der Waals surface area contributed by atoms with Crippen molar-refractivity contribution in [1.82, 2.24) is 0 Å². The van der Waals surface area contributed by atoms with Gasteiger partial charge in [-0.1, -0.05) is 13.8 Å². The van der Waals surface area contributed by atoms with E-state index in [2.05, 4.69) is 26.5 Å². The van der Waals surface area contributed by atoms with Gasteiger partial charge >= 0.3 is 0 Å². The lowest BCUT2D eigenvalue weighted by atomic mass is 10.0. The second-order valence-electron chi connectivity index (χ2n) is 2.70. The Morgan fingerprint density at radius 1 is 1.44 bits per heavy atom. The molecule has 0 aliphatic carbocycles. The number of aliphatic hydroxyl groups excluding tert-OH is 1. The molecule has 2 heteroatoms. The summed E-state index contributed by atoms with van der Waals surface area (Å²) in [5, 5.41) is 8.99. The van der Waals surface area contributed by atoms with Gasteiger partial charge in [0.05, 0.1) is 0 Å². The molecule has 0 radical (unpaired) electrons. The first-order chi connectivity index (χ1) is 4.16. The molecule has 9 heavy (non-hydrogen) atoms. The van der Waals surface area contributed by atoms with Crippen LogP contribution in [0, 0.1) is 5.92 Å².